The van der Waals surface area contributed by atoms with Crippen molar-refractivity contribution < 1.29 is 4.74 Å². The van der Waals surface area contributed by atoms with Crippen LogP contribution in [-0.4, -0.2) is 61.8 Å². The Kier molecular flexibility index (Phi) is 5.35. The molecule has 0 spiro atoms. The number of amidine groups is 1. The average Bonchev–Trinajstić information content (AvgIpc) is 3.43. The van der Waals surface area contributed by atoms with Gasteiger partial charge < -0.3 is 31.0 Å². The molecule has 1 fully saturated rings. The zero-order valence-electron chi connectivity index (χ0n) is 16.8. The Bertz CT molecular complexity index is 911. The standard InChI is InChI=1S/C21H27N7O/c1-27(15-6-7-24-11-15)20-5-3-4-17(26-20)18-12-25-21-8-19(29-2)16(13-28(18)21)14(9-22)10-23/h3-5,8-10,13,15,18,22,24H,6-7,11-12,23H2,1-2H3/b14-10+,22-9?. The van der Waals surface area contributed by atoms with Gasteiger partial charge >= 0.3 is 0 Å². The summed E-state index contributed by atoms with van der Waals surface area (Å²) in [5.74, 6) is 2.45. The van der Waals surface area contributed by atoms with Gasteiger partial charge in [-0.25, -0.2) is 4.98 Å². The van der Waals surface area contributed by atoms with E-state index in [4.69, 9.17) is 20.9 Å². The minimum Gasteiger partial charge on any atom is -0.496 e. The van der Waals surface area contributed by atoms with Crippen LogP contribution in [0.15, 0.2) is 58.6 Å². The number of anilines is 1. The molecule has 0 radical (unpaired) electrons. The number of hydrogen-bond acceptors (Lipinski definition) is 8. The van der Waals surface area contributed by atoms with Gasteiger partial charge in [-0.2, -0.15) is 0 Å². The number of nitrogens with one attached hydrogen (secondary N) is 2. The Labute approximate surface area is 171 Å². The van der Waals surface area contributed by atoms with Crippen LogP contribution in [-0.2, 0) is 4.74 Å². The Morgan fingerprint density at radius 1 is 1.45 bits per heavy atom. The summed E-state index contributed by atoms with van der Waals surface area (Å²) in [7, 11) is 3.72. The highest BCUT2D eigenvalue weighted by Gasteiger charge is 2.33. The number of likely N-dealkylation sites (N-methyl/N-ethyl adjacent to an activating group) is 1. The van der Waals surface area contributed by atoms with Crippen molar-refractivity contribution in [3.05, 3.63) is 59.3 Å². The summed E-state index contributed by atoms with van der Waals surface area (Å²) < 4.78 is 5.50. The van der Waals surface area contributed by atoms with Gasteiger partial charge in [-0.05, 0) is 25.1 Å². The van der Waals surface area contributed by atoms with Gasteiger partial charge in [0.1, 0.15) is 17.4 Å². The first-order chi connectivity index (χ1) is 14.2. The molecule has 0 bridgehead atoms. The van der Waals surface area contributed by atoms with E-state index in [1.807, 2.05) is 18.3 Å². The van der Waals surface area contributed by atoms with Crippen LogP contribution in [0.5, 0.6) is 0 Å². The molecule has 4 rings (SSSR count). The third-order valence-electron chi connectivity index (χ3n) is 5.73. The van der Waals surface area contributed by atoms with E-state index in [1.54, 1.807) is 7.11 Å². The Balaban J connectivity index is 1.63. The maximum absolute atomic E-state index is 7.65. The number of nitrogens with two attached hydrogens (primary N) is 1. The number of methoxy groups -OCH3 is 1. The lowest BCUT2D eigenvalue weighted by Crippen LogP contribution is -2.34. The number of pyridine rings is 1. The van der Waals surface area contributed by atoms with E-state index in [0.29, 0.717) is 23.9 Å². The van der Waals surface area contributed by atoms with Gasteiger partial charge in [-0.3, -0.25) is 4.99 Å². The highest BCUT2D eigenvalue weighted by molar-refractivity contribution is 5.99. The minimum absolute atomic E-state index is 0.00512. The quantitative estimate of drug-likeness (QED) is 0.634. The first-order valence-corrected chi connectivity index (χ1v) is 9.80. The number of fused-ring (bicyclic) bond motifs is 1. The predicted octanol–water partition coefficient (Wildman–Crippen LogP) is 1.55. The summed E-state index contributed by atoms with van der Waals surface area (Å²) in [4.78, 5) is 14.0. The number of aliphatic imine (C=N–C) groups is 1. The van der Waals surface area contributed by atoms with Crippen molar-refractivity contribution in [2.24, 2.45) is 10.7 Å². The molecule has 8 nitrogen and oxygen atoms in total. The Morgan fingerprint density at radius 2 is 2.31 bits per heavy atom. The molecule has 2 unspecified atom stereocenters. The summed E-state index contributed by atoms with van der Waals surface area (Å²) in [5.41, 5.74) is 8.05. The van der Waals surface area contributed by atoms with E-state index in [-0.39, 0.29) is 6.04 Å². The van der Waals surface area contributed by atoms with Crippen LogP contribution in [0.2, 0.25) is 0 Å². The Hall–Kier alpha value is -3.13. The second-order valence-electron chi connectivity index (χ2n) is 7.32. The molecule has 3 aliphatic heterocycles. The Morgan fingerprint density at radius 3 is 3.00 bits per heavy atom. The molecule has 29 heavy (non-hydrogen) atoms. The van der Waals surface area contributed by atoms with E-state index in [2.05, 4.69) is 39.3 Å². The molecule has 3 aliphatic rings. The first kappa shape index (κ1) is 19.2. The maximum atomic E-state index is 7.65. The predicted molar refractivity (Wildman–Crippen MR) is 115 cm³/mol. The van der Waals surface area contributed by atoms with Crippen LogP contribution in [0, 0.1) is 5.41 Å². The van der Waals surface area contributed by atoms with Gasteiger partial charge in [0.05, 0.1) is 25.4 Å². The number of allylic oxidation sites excluding steroid dienone is 1. The highest BCUT2D eigenvalue weighted by atomic mass is 16.5. The molecular formula is C21H27N7O. The zero-order valence-corrected chi connectivity index (χ0v) is 16.8. The van der Waals surface area contributed by atoms with Crippen LogP contribution in [0.1, 0.15) is 18.2 Å². The summed E-state index contributed by atoms with van der Waals surface area (Å²) in [6, 6.07) is 6.62. The molecule has 8 heteroatoms. The third-order valence-corrected chi connectivity index (χ3v) is 5.73. The fraction of sp³-hybridized carbons (Fsp3) is 0.381. The third kappa shape index (κ3) is 3.51. The van der Waals surface area contributed by atoms with Crippen molar-refractivity contribution in [2.45, 2.75) is 18.5 Å². The summed E-state index contributed by atoms with van der Waals surface area (Å²) in [5, 5.41) is 11.1. The lowest BCUT2D eigenvalue weighted by Gasteiger charge is -2.30. The number of nitrogens with zero attached hydrogens (tertiary/aromatic N) is 4. The van der Waals surface area contributed by atoms with Gasteiger partial charge in [0.2, 0.25) is 0 Å². The molecule has 1 aromatic rings. The van der Waals surface area contributed by atoms with Gasteiger partial charge in [0, 0.05) is 55.5 Å². The topological polar surface area (TPSA) is 103 Å². The van der Waals surface area contributed by atoms with Crippen LogP contribution in [0.3, 0.4) is 0 Å². The van der Waals surface area contributed by atoms with Crippen LogP contribution in [0.4, 0.5) is 5.82 Å². The summed E-state index contributed by atoms with van der Waals surface area (Å²) in [6.45, 7) is 2.65. The monoisotopic (exact) mass is 393 g/mol. The van der Waals surface area contributed by atoms with Crippen molar-refractivity contribution in [1.29, 1.82) is 5.41 Å². The lowest BCUT2D eigenvalue weighted by atomic mass is 10.0. The average molecular weight is 393 g/mol. The van der Waals surface area contributed by atoms with Gasteiger partial charge in [-0.1, -0.05) is 6.07 Å². The van der Waals surface area contributed by atoms with E-state index in [9.17, 15) is 0 Å². The van der Waals surface area contributed by atoms with Crippen molar-refractivity contribution in [3.63, 3.8) is 0 Å². The SMILES string of the molecule is COC1=CC2=NCC(c3cccc(N(C)C4CCNC4)n3)N2C=C1/C(C=N)=C/N. The molecule has 0 saturated carbocycles. The van der Waals surface area contributed by atoms with Crippen LogP contribution >= 0.6 is 0 Å². The molecule has 152 valence electrons. The minimum atomic E-state index is -0.00512. The summed E-state index contributed by atoms with van der Waals surface area (Å²) >= 11 is 0. The number of aromatic nitrogens is 1. The molecule has 1 aromatic heterocycles. The lowest BCUT2D eigenvalue weighted by molar-refractivity contribution is 0.297. The second kappa shape index (κ2) is 8.08. The van der Waals surface area contributed by atoms with Gasteiger partial charge in [-0.15, -0.1) is 0 Å². The van der Waals surface area contributed by atoms with Crippen molar-refractivity contribution >= 4 is 17.9 Å². The fourth-order valence-corrected chi connectivity index (χ4v) is 4.00. The first-order valence-electron chi connectivity index (χ1n) is 9.80. The molecule has 0 aromatic carbocycles. The molecule has 4 heterocycles. The van der Waals surface area contributed by atoms with E-state index in [1.165, 1.54) is 12.4 Å². The second-order valence-corrected chi connectivity index (χ2v) is 7.32. The molecular weight excluding hydrogens is 366 g/mol. The van der Waals surface area contributed by atoms with Gasteiger partial charge in [0.15, 0.2) is 0 Å². The largest absolute Gasteiger partial charge is 0.496 e. The maximum Gasteiger partial charge on any atom is 0.132 e. The number of rotatable bonds is 6. The van der Waals surface area contributed by atoms with Crippen LogP contribution < -0.4 is 16.0 Å². The van der Waals surface area contributed by atoms with E-state index < -0.39 is 0 Å². The van der Waals surface area contributed by atoms with E-state index >= 15 is 0 Å². The van der Waals surface area contributed by atoms with Crippen LogP contribution in [0.25, 0.3) is 0 Å². The number of hydrogen-bond donors (Lipinski definition) is 3. The van der Waals surface area contributed by atoms with Crippen molar-refractivity contribution in [1.82, 2.24) is 15.2 Å². The molecule has 0 amide bonds. The van der Waals surface area contributed by atoms with Crippen molar-refractivity contribution in [2.75, 3.05) is 38.7 Å². The fourth-order valence-electron chi connectivity index (χ4n) is 4.00. The number of ether oxygens (including phenoxy) is 1. The molecule has 2 atom stereocenters. The summed E-state index contributed by atoms with van der Waals surface area (Å²) in [6.07, 6.45) is 7.62. The van der Waals surface area contributed by atoms with Gasteiger partial charge in [0.25, 0.3) is 0 Å². The molecule has 1 saturated heterocycles. The smallest absolute Gasteiger partial charge is 0.132 e. The molecule has 0 aliphatic carbocycles. The normalized spacial score (nSPS) is 23.9. The van der Waals surface area contributed by atoms with E-state index in [0.717, 1.165) is 42.4 Å². The molecule has 4 N–H and O–H groups in total. The highest BCUT2D eigenvalue weighted by Crippen LogP contribution is 2.34. The van der Waals surface area contributed by atoms with Crippen molar-refractivity contribution in [3.8, 4) is 0 Å². The zero-order chi connectivity index (χ0) is 20.4.